The maximum atomic E-state index is 10.6. The van der Waals surface area contributed by atoms with Gasteiger partial charge in [-0.25, -0.2) is 0 Å². The van der Waals surface area contributed by atoms with E-state index < -0.39 is 5.97 Å². The second kappa shape index (κ2) is 6.21. The van der Waals surface area contributed by atoms with Gasteiger partial charge >= 0.3 is 5.97 Å². The van der Waals surface area contributed by atoms with Gasteiger partial charge in [0.1, 0.15) is 5.76 Å². The molecule has 0 aliphatic rings. The van der Waals surface area contributed by atoms with Crippen LogP contribution < -0.4 is 0 Å². The van der Waals surface area contributed by atoms with Crippen LogP contribution in [0.15, 0.2) is 21.2 Å². The summed E-state index contributed by atoms with van der Waals surface area (Å²) in [6, 6.07) is 4.10. The summed E-state index contributed by atoms with van der Waals surface area (Å²) in [4.78, 5) is 12.7. The smallest absolute Gasteiger partial charge is 0.304 e. The van der Waals surface area contributed by atoms with Crippen molar-refractivity contribution in [3.8, 4) is 0 Å². The molecule has 0 aliphatic heterocycles. The Labute approximate surface area is 110 Å². The Balaban J connectivity index is 2.73. The van der Waals surface area contributed by atoms with Gasteiger partial charge in [-0.15, -0.1) is 0 Å². The number of rotatable bonds is 6. The molecule has 1 atom stereocenters. The Morgan fingerprint density at radius 2 is 2.12 bits per heavy atom. The van der Waals surface area contributed by atoms with Gasteiger partial charge in [0.25, 0.3) is 0 Å². The highest BCUT2D eigenvalue weighted by molar-refractivity contribution is 9.10. The molecule has 0 aromatic carbocycles. The van der Waals surface area contributed by atoms with Gasteiger partial charge in [0, 0.05) is 12.6 Å². The molecule has 0 saturated heterocycles. The molecule has 0 bridgehead atoms. The van der Waals surface area contributed by atoms with E-state index in [2.05, 4.69) is 34.7 Å². The third-order valence-electron chi connectivity index (χ3n) is 2.75. The minimum absolute atomic E-state index is 0.0700. The third-order valence-corrected chi connectivity index (χ3v) is 3.18. The summed E-state index contributed by atoms with van der Waals surface area (Å²) < 4.78 is 6.21. The average Bonchev–Trinajstić information content (AvgIpc) is 2.63. The second-order valence-electron chi connectivity index (χ2n) is 4.29. The zero-order chi connectivity index (χ0) is 13.0. The molecule has 0 saturated carbocycles. The van der Waals surface area contributed by atoms with E-state index in [1.165, 1.54) is 0 Å². The highest BCUT2D eigenvalue weighted by atomic mass is 79.9. The first kappa shape index (κ1) is 14.3. The van der Waals surface area contributed by atoms with E-state index >= 15 is 0 Å². The standard InChI is InChI=1S/C12H18BrNO3/c1-8(2)14(7-6-12(15)16)9(3)10-4-5-11(13)17-10/h4-5,8-9H,6-7H2,1-3H3,(H,15,16). The Kier molecular flexibility index (Phi) is 5.21. The predicted molar refractivity (Wildman–Crippen MR) is 68.9 cm³/mol. The van der Waals surface area contributed by atoms with Crippen LogP contribution in [0.25, 0.3) is 0 Å². The lowest BCUT2D eigenvalue weighted by Crippen LogP contribution is -2.35. The van der Waals surface area contributed by atoms with Crippen molar-refractivity contribution in [1.29, 1.82) is 0 Å². The number of carbonyl (C=O) groups is 1. The number of hydrogen-bond acceptors (Lipinski definition) is 3. The first-order valence-corrected chi connectivity index (χ1v) is 6.44. The Bertz CT molecular complexity index is 376. The molecule has 0 fully saturated rings. The molecule has 1 unspecified atom stereocenters. The maximum Gasteiger partial charge on any atom is 0.304 e. The fourth-order valence-corrected chi connectivity index (χ4v) is 2.16. The second-order valence-corrected chi connectivity index (χ2v) is 5.07. The van der Waals surface area contributed by atoms with Crippen molar-refractivity contribution in [2.75, 3.05) is 6.54 Å². The Hall–Kier alpha value is -0.810. The van der Waals surface area contributed by atoms with Crippen LogP contribution >= 0.6 is 15.9 Å². The maximum absolute atomic E-state index is 10.6. The van der Waals surface area contributed by atoms with Crippen LogP contribution in [-0.2, 0) is 4.79 Å². The van der Waals surface area contributed by atoms with Crippen molar-refractivity contribution in [2.24, 2.45) is 0 Å². The van der Waals surface area contributed by atoms with E-state index in [0.29, 0.717) is 11.2 Å². The number of halogens is 1. The van der Waals surface area contributed by atoms with E-state index in [0.717, 1.165) is 5.76 Å². The van der Waals surface area contributed by atoms with Crippen molar-refractivity contribution < 1.29 is 14.3 Å². The quantitative estimate of drug-likeness (QED) is 0.876. The lowest BCUT2D eigenvalue weighted by molar-refractivity contribution is -0.137. The van der Waals surface area contributed by atoms with E-state index in [1.807, 2.05) is 19.1 Å². The van der Waals surface area contributed by atoms with Crippen LogP contribution in [0.5, 0.6) is 0 Å². The summed E-state index contributed by atoms with van der Waals surface area (Å²) in [5.41, 5.74) is 0. The SMILES string of the molecule is CC(C)N(CCC(=O)O)C(C)c1ccc(Br)o1. The number of carboxylic acid groups (broad SMARTS) is 1. The summed E-state index contributed by atoms with van der Waals surface area (Å²) in [7, 11) is 0. The topological polar surface area (TPSA) is 53.7 Å². The summed E-state index contributed by atoms with van der Waals surface area (Å²) in [6.07, 6.45) is 0.143. The van der Waals surface area contributed by atoms with Gasteiger partial charge in [-0.05, 0) is 48.8 Å². The molecule has 0 radical (unpaired) electrons. The van der Waals surface area contributed by atoms with Crippen LogP contribution in [0.3, 0.4) is 0 Å². The van der Waals surface area contributed by atoms with Crippen LogP contribution in [0.2, 0.25) is 0 Å². The summed E-state index contributed by atoms with van der Waals surface area (Å²) in [6.45, 7) is 6.65. The van der Waals surface area contributed by atoms with Crippen LogP contribution in [0, 0.1) is 0 Å². The fourth-order valence-electron chi connectivity index (χ4n) is 1.84. The molecule has 1 aromatic rings. The van der Waals surface area contributed by atoms with Gasteiger partial charge in [-0.3, -0.25) is 9.69 Å². The molecule has 0 amide bonds. The highest BCUT2D eigenvalue weighted by Gasteiger charge is 2.21. The van der Waals surface area contributed by atoms with Gasteiger partial charge in [0.2, 0.25) is 0 Å². The first-order chi connectivity index (χ1) is 7.91. The first-order valence-electron chi connectivity index (χ1n) is 5.64. The highest BCUT2D eigenvalue weighted by Crippen LogP contribution is 2.26. The van der Waals surface area contributed by atoms with Gasteiger partial charge in [0.05, 0.1) is 12.5 Å². The minimum atomic E-state index is -0.775. The summed E-state index contributed by atoms with van der Waals surface area (Å²) in [5.74, 6) is 0.0689. The number of aliphatic carboxylic acids is 1. The van der Waals surface area contributed by atoms with Crippen LogP contribution in [0.1, 0.15) is 39.0 Å². The number of furan rings is 1. The van der Waals surface area contributed by atoms with E-state index in [9.17, 15) is 4.79 Å². The van der Waals surface area contributed by atoms with Crippen molar-refractivity contribution in [1.82, 2.24) is 4.90 Å². The lowest BCUT2D eigenvalue weighted by atomic mass is 10.1. The van der Waals surface area contributed by atoms with Crippen molar-refractivity contribution >= 4 is 21.9 Å². The molecular weight excluding hydrogens is 286 g/mol. The zero-order valence-electron chi connectivity index (χ0n) is 10.3. The van der Waals surface area contributed by atoms with Crippen molar-refractivity contribution in [3.05, 3.63) is 22.6 Å². The van der Waals surface area contributed by atoms with Gasteiger partial charge in [-0.1, -0.05) is 0 Å². The molecule has 1 heterocycles. The predicted octanol–water partition coefficient (Wildman–Crippen LogP) is 3.29. The monoisotopic (exact) mass is 303 g/mol. The number of nitrogens with zero attached hydrogens (tertiary/aromatic N) is 1. The number of carboxylic acids is 1. The van der Waals surface area contributed by atoms with E-state index in [4.69, 9.17) is 9.52 Å². The molecule has 1 rings (SSSR count). The zero-order valence-corrected chi connectivity index (χ0v) is 11.9. The summed E-state index contributed by atoms with van der Waals surface area (Å²) in [5, 5.41) is 8.74. The van der Waals surface area contributed by atoms with Crippen LogP contribution in [0.4, 0.5) is 0 Å². The number of hydrogen-bond donors (Lipinski definition) is 1. The normalized spacial score (nSPS) is 13.3. The summed E-state index contributed by atoms with van der Waals surface area (Å²) >= 11 is 3.27. The molecule has 0 aliphatic carbocycles. The van der Waals surface area contributed by atoms with Gasteiger partial charge < -0.3 is 9.52 Å². The minimum Gasteiger partial charge on any atom is -0.481 e. The van der Waals surface area contributed by atoms with Gasteiger partial charge in [-0.2, -0.15) is 0 Å². The van der Waals surface area contributed by atoms with Gasteiger partial charge in [0.15, 0.2) is 4.67 Å². The molecule has 1 aromatic heterocycles. The molecule has 17 heavy (non-hydrogen) atoms. The Morgan fingerprint density at radius 1 is 1.47 bits per heavy atom. The third kappa shape index (κ3) is 4.16. The molecular formula is C12H18BrNO3. The van der Waals surface area contributed by atoms with Crippen molar-refractivity contribution in [3.63, 3.8) is 0 Å². The molecule has 96 valence electrons. The van der Waals surface area contributed by atoms with Crippen molar-refractivity contribution in [2.45, 2.75) is 39.3 Å². The van der Waals surface area contributed by atoms with E-state index in [1.54, 1.807) is 0 Å². The largest absolute Gasteiger partial charge is 0.481 e. The Morgan fingerprint density at radius 3 is 2.53 bits per heavy atom. The molecule has 0 spiro atoms. The average molecular weight is 304 g/mol. The molecule has 5 heteroatoms. The fraction of sp³-hybridized carbons (Fsp3) is 0.583. The van der Waals surface area contributed by atoms with Crippen LogP contribution in [-0.4, -0.2) is 28.6 Å². The van der Waals surface area contributed by atoms with E-state index in [-0.39, 0.29) is 18.5 Å². The lowest BCUT2D eigenvalue weighted by Gasteiger charge is -2.30. The molecule has 1 N–H and O–H groups in total. The molecule has 4 nitrogen and oxygen atoms in total.